The van der Waals surface area contributed by atoms with Gasteiger partial charge in [-0.1, -0.05) is 0 Å². The fraction of sp³-hybridized carbons (Fsp3) is 0.0909. The first-order valence-corrected chi connectivity index (χ1v) is 10.6. The fourth-order valence-corrected chi connectivity index (χ4v) is 4.06. The molecule has 1 aromatic heterocycles. The third-order valence-corrected chi connectivity index (χ3v) is 5.88. The van der Waals surface area contributed by atoms with Gasteiger partial charge in [0.2, 0.25) is 5.89 Å². The van der Waals surface area contributed by atoms with Gasteiger partial charge in [0.25, 0.3) is 0 Å². The van der Waals surface area contributed by atoms with E-state index in [2.05, 4.69) is 41.8 Å². The van der Waals surface area contributed by atoms with Crippen molar-refractivity contribution >= 4 is 54.9 Å². The van der Waals surface area contributed by atoms with Gasteiger partial charge in [0.1, 0.15) is 33.0 Å². The highest BCUT2D eigenvalue weighted by Gasteiger charge is 2.14. The molecule has 1 heterocycles. The second-order valence-electron chi connectivity index (χ2n) is 6.49. The zero-order valence-corrected chi connectivity index (χ0v) is 19.6. The smallest absolute Gasteiger partial charge is 0.227 e. The molecular formula is C22H16Br2N2O5. The SMILES string of the molecule is COc1cc(OC)cc(-c2nc3cc(N=Cc4cc(Br)c(O)c(Br)c4O)ccc3o2)c1. The predicted octanol–water partition coefficient (Wildman–Crippen LogP) is 6.20. The van der Waals surface area contributed by atoms with Crippen molar-refractivity contribution in [1.29, 1.82) is 0 Å². The van der Waals surface area contributed by atoms with Gasteiger partial charge in [-0.05, 0) is 68.3 Å². The predicted molar refractivity (Wildman–Crippen MR) is 125 cm³/mol. The van der Waals surface area contributed by atoms with E-state index in [-0.39, 0.29) is 16.0 Å². The molecule has 0 saturated carbocycles. The molecule has 0 bridgehead atoms. The van der Waals surface area contributed by atoms with Crippen LogP contribution in [0.2, 0.25) is 0 Å². The number of aromatic nitrogens is 1. The van der Waals surface area contributed by atoms with E-state index in [9.17, 15) is 10.2 Å². The number of hydrogen-bond donors (Lipinski definition) is 2. The molecule has 0 atom stereocenters. The number of hydrogen-bond acceptors (Lipinski definition) is 7. The summed E-state index contributed by atoms with van der Waals surface area (Å²) in [5.41, 5.74) is 3.01. The molecule has 0 amide bonds. The highest BCUT2D eigenvalue weighted by molar-refractivity contribution is 9.11. The number of phenolic OH excluding ortho intramolecular Hbond substituents is 2. The zero-order chi connectivity index (χ0) is 22.1. The van der Waals surface area contributed by atoms with Gasteiger partial charge in [0.05, 0.1) is 24.4 Å². The summed E-state index contributed by atoms with van der Waals surface area (Å²) in [5, 5.41) is 20.0. The van der Waals surface area contributed by atoms with Gasteiger partial charge in [-0.3, -0.25) is 4.99 Å². The number of fused-ring (bicyclic) bond motifs is 1. The van der Waals surface area contributed by atoms with Crippen LogP contribution in [0.5, 0.6) is 23.0 Å². The average molecular weight is 548 g/mol. The summed E-state index contributed by atoms with van der Waals surface area (Å²) in [7, 11) is 3.16. The van der Waals surface area contributed by atoms with E-state index in [0.717, 1.165) is 5.56 Å². The molecule has 3 aromatic carbocycles. The summed E-state index contributed by atoms with van der Waals surface area (Å²) < 4.78 is 17.1. The molecule has 4 rings (SSSR count). The Balaban J connectivity index is 1.68. The van der Waals surface area contributed by atoms with Crippen LogP contribution in [0, 0.1) is 0 Å². The molecule has 0 aliphatic carbocycles. The van der Waals surface area contributed by atoms with Gasteiger partial charge in [0, 0.05) is 23.4 Å². The molecule has 158 valence electrons. The number of aromatic hydroxyl groups is 2. The molecule has 0 aliphatic heterocycles. The Hall–Kier alpha value is -3.04. The Labute approximate surface area is 194 Å². The minimum Gasteiger partial charge on any atom is -0.506 e. The Morgan fingerprint density at radius 3 is 2.35 bits per heavy atom. The maximum Gasteiger partial charge on any atom is 0.227 e. The topological polar surface area (TPSA) is 97.3 Å². The number of oxazole rings is 1. The van der Waals surface area contributed by atoms with Crippen molar-refractivity contribution in [2.75, 3.05) is 14.2 Å². The number of phenols is 2. The zero-order valence-electron chi connectivity index (χ0n) is 16.4. The molecule has 0 unspecified atom stereocenters. The van der Waals surface area contributed by atoms with Gasteiger partial charge in [-0.2, -0.15) is 0 Å². The summed E-state index contributed by atoms with van der Waals surface area (Å²) in [6, 6.07) is 12.3. The van der Waals surface area contributed by atoms with Gasteiger partial charge in [-0.15, -0.1) is 0 Å². The fourth-order valence-electron chi connectivity index (χ4n) is 2.91. The minimum absolute atomic E-state index is 0.0830. The molecular weight excluding hydrogens is 532 g/mol. The lowest BCUT2D eigenvalue weighted by molar-refractivity contribution is 0.394. The molecule has 2 N–H and O–H groups in total. The summed E-state index contributed by atoms with van der Waals surface area (Å²) >= 11 is 6.40. The number of methoxy groups -OCH3 is 2. The lowest BCUT2D eigenvalue weighted by Crippen LogP contribution is -1.88. The third-order valence-electron chi connectivity index (χ3n) is 4.52. The summed E-state index contributed by atoms with van der Waals surface area (Å²) in [6.45, 7) is 0. The van der Waals surface area contributed by atoms with Crippen molar-refractivity contribution in [3.63, 3.8) is 0 Å². The standard InChI is InChI=1S/C22H16Br2N2O5/c1-29-14-5-11(6-15(9-14)30-2)22-26-17-8-13(3-4-18(17)31-22)25-10-12-7-16(23)21(28)19(24)20(12)27/h3-10,27-28H,1-2H3. The summed E-state index contributed by atoms with van der Waals surface area (Å²) in [6.07, 6.45) is 1.50. The van der Waals surface area contributed by atoms with Crippen molar-refractivity contribution in [2.24, 2.45) is 4.99 Å². The molecule has 4 aromatic rings. The van der Waals surface area contributed by atoms with Crippen LogP contribution in [0.25, 0.3) is 22.6 Å². The van der Waals surface area contributed by atoms with E-state index in [1.54, 1.807) is 44.6 Å². The van der Waals surface area contributed by atoms with E-state index < -0.39 is 0 Å². The second-order valence-corrected chi connectivity index (χ2v) is 8.14. The van der Waals surface area contributed by atoms with E-state index in [1.807, 2.05) is 12.1 Å². The van der Waals surface area contributed by atoms with Crippen molar-refractivity contribution in [1.82, 2.24) is 4.98 Å². The van der Waals surface area contributed by atoms with E-state index in [4.69, 9.17) is 13.9 Å². The average Bonchev–Trinajstić information content (AvgIpc) is 3.22. The van der Waals surface area contributed by atoms with E-state index >= 15 is 0 Å². The monoisotopic (exact) mass is 546 g/mol. The normalized spacial score (nSPS) is 11.4. The van der Waals surface area contributed by atoms with Crippen molar-refractivity contribution < 1.29 is 24.1 Å². The Morgan fingerprint density at radius 1 is 0.968 bits per heavy atom. The second kappa shape index (κ2) is 8.60. The molecule has 0 spiro atoms. The molecule has 7 nitrogen and oxygen atoms in total. The molecule has 0 radical (unpaired) electrons. The Morgan fingerprint density at radius 2 is 1.68 bits per heavy atom. The molecule has 0 saturated heterocycles. The Kier molecular flexibility index (Phi) is 5.88. The molecule has 0 aliphatic rings. The van der Waals surface area contributed by atoms with Crippen LogP contribution in [0.1, 0.15) is 5.56 Å². The van der Waals surface area contributed by atoms with E-state index in [1.165, 1.54) is 6.21 Å². The highest BCUT2D eigenvalue weighted by atomic mass is 79.9. The van der Waals surface area contributed by atoms with Gasteiger partial charge >= 0.3 is 0 Å². The van der Waals surface area contributed by atoms with Crippen LogP contribution in [0.15, 0.2) is 60.8 Å². The first kappa shape index (κ1) is 21.2. The van der Waals surface area contributed by atoms with Crippen LogP contribution >= 0.6 is 31.9 Å². The molecule has 0 fully saturated rings. The maximum absolute atomic E-state index is 10.2. The number of rotatable bonds is 5. The van der Waals surface area contributed by atoms with Crippen molar-refractivity contribution in [3.05, 3.63) is 57.0 Å². The number of halogens is 2. The third kappa shape index (κ3) is 4.24. The maximum atomic E-state index is 10.2. The number of aliphatic imine (C=N–C) groups is 1. The van der Waals surface area contributed by atoms with Crippen LogP contribution in [0.3, 0.4) is 0 Å². The lowest BCUT2D eigenvalue weighted by Gasteiger charge is -2.06. The van der Waals surface area contributed by atoms with Crippen LogP contribution in [-0.2, 0) is 0 Å². The first-order valence-electron chi connectivity index (χ1n) is 8.97. The quantitative estimate of drug-likeness (QED) is 0.289. The van der Waals surface area contributed by atoms with Crippen LogP contribution in [0.4, 0.5) is 5.69 Å². The molecule has 31 heavy (non-hydrogen) atoms. The van der Waals surface area contributed by atoms with Gasteiger partial charge < -0.3 is 24.1 Å². The van der Waals surface area contributed by atoms with Crippen LogP contribution in [-0.4, -0.2) is 35.6 Å². The van der Waals surface area contributed by atoms with Gasteiger partial charge in [-0.25, -0.2) is 4.98 Å². The number of benzene rings is 3. The lowest BCUT2D eigenvalue weighted by atomic mass is 10.2. The van der Waals surface area contributed by atoms with Crippen molar-refractivity contribution in [3.8, 4) is 34.5 Å². The number of nitrogens with zero attached hydrogens (tertiary/aromatic N) is 2. The summed E-state index contributed by atoms with van der Waals surface area (Å²) in [5.74, 6) is 1.50. The Bertz CT molecular complexity index is 1290. The van der Waals surface area contributed by atoms with Gasteiger partial charge in [0.15, 0.2) is 5.58 Å². The largest absolute Gasteiger partial charge is 0.506 e. The van der Waals surface area contributed by atoms with E-state index in [0.29, 0.717) is 44.2 Å². The minimum atomic E-state index is -0.110. The highest BCUT2D eigenvalue weighted by Crippen LogP contribution is 2.41. The molecule has 9 heteroatoms. The summed E-state index contributed by atoms with van der Waals surface area (Å²) in [4.78, 5) is 8.96. The first-order chi connectivity index (χ1) is 14.9. The van der Waals surface area contributed by atoms with Crippen molar-refractivity contribution in [2.45, 2.75) is 0 Å². The van der Waals surface area contributed by atoms with Crippen LogP contribution < -0.4 is 9.47 Å². The number of ether oxygens (including phenoxy) is 2.